The Morgan fingerprint density at radius 2 is 1.77 bits per heavy atom. The van der Waals surface area contributed by atoms with E-state index >= 15 is 0 Å². The Labute approximate surface area is 266 Å². The molecule has 2 aliphatic heterocycles. The fourth-order valence-corrected chi connectivity index (χ4v) is 6.72. The number of benzene rings is 3. The van der Waals surface area contributed by atoms with Gasteiger partial charge in [-0.1, -0.05) is 55.3 Å². The molecule has 3 aromatic carbocycles. The molecule has 1 fully saturated rings. The van der Waals surface area contributed by atoms with E-state index in [1.807, 2.05) is 55.6 Å². The van der Waals surface area contributed by atoms with Crippen LogP contribution in [0.15, 0.2) is 71.2 Å². The Bertz CT molecular complexity index is 1570. The zero-order valence-electron chi connectivity index (χ0n) is 26.1. The molecule has 2 heterocycles. The summed E-state index contributed by atoms with van der Waals surface area (Å²) in [6, 6.07) is 20.2. The number of rotatable bonds is 8. The smallest absolute Gasteiger partial charge is 0.341 e. The number of ether oxygens (including phenoxy) is 2. The van der Waals surface area contributed by atoms with Gasteiger partial charge < -0.3 is 14.4 Å². The molecular formula is C37H42ClN3O3. The highest BCUT2D eigenvalue weighted by atomic mass is 35.5. The van der Waals surface area contributed by atoms with Crippen LogP contribution < -0.4 is 9.64 Å². The lowest BCUT2D eigenvalue weighted by atomic mass is 9.72. The molecule has 0 spiro atoms. The highest BCUT2D eigenvalue weighted by Gasteiger charge is 2.29. The Kier molecular flexibility index (Phi) is 9.11. The predicted octanol–water partition coefficient (Wildman–Crippen LogP) is 8.07. The highest BCUT2D eigenvalue weighted by Crippen LogP contribution is 2.43. The molecule has 7 heteroatoms. The molecule has 6 rings (SSSR count). The Morgan fingerprint density at radius 3 is 2.55 bits per heavy atom. The molecule has 0 unspecified atom stereocenters. The predicted molar refractivity (Wildman–Crippen MR) is 180 cm³/mol. The van der Waals surface area contributed by atoms with Crippen molar-refractivity contribution in [3.05, 3.63) is 93.5 Å². The molecular weight excluding hydrogens is 570 g/mol. The van der Waals surface area contributed by atoms with Gasteiger partial charge in [0.15, 0.2) is 0 Å². The first-order chi connectivity index (χ1) is 21.3. The van der Waals surface area contributed by atoms with Crippen LogP contribution in [0.25, 0.3) is 5.57 Å². The summed E-state index contributed by atoms with van der Waals surface area (Å²) in [5, 5.41) is 0.781. The van der Waals surface area contributed by atoms with Crippen molar-refractivity contribution in [1.82, 2.24) is 4.90 Å². The summed E-state index contributed by atoms with van der Waals surface area (Å²) in [4.78, 5) is 22.3. The van der Waals surface area contributed by atoms with Crippen LogP contribution in [-0.2, 0) is 11.2 Å². The van der Waals surface area contributed by atoms with Gasteiger partial charge in [0, 0.05) is 67.8 Å². The molecule has 0 amide bonds. The van der Waals surface area contributed by atoms with Gasteiger partial charge >= 0.3 is 5.97 Å². The Hall–Kier alpha value is -3.61. The van der Waals surface area contributed by atoms with Gasteiger partial charge in [0.25, 0.3) is 0 Å². The van der Waals surface area contributed by atoms with Gasteiger partial charge in [-0.05, 0) is 85.1 Å². The summed E-state index contributed by atoms with van der Waals surface area (Å²) in [7, 11) is 0. The van der Waals surface area contributed by atoms with Crippen LogP contribution in [0.4, 0.5) is 5.69 Å². The normalized spacial score (nSPS) is 18.2. The monoisotopic (exact) mass is 611 g/mol. The van der Waals surface area contributed by atoms with Crippen molar-refractivity contribution in [3.63, 3.8) is 0 Å². The molecule has 0 bridgehead atoms. The number of carbonyl (C=O) groups is 1. The van der Waals surface area contributed by atoms with E-state index in [0.29, 0.717) is 23.3 Å². The van der Waals surface area contributed by atoms with Crippen LogP contribution in [0.1, 0.15) is 67.1 Å². The molecule has 0 radical (unpaired) electrons. The standard InChI is InChI=1S/C37H42ClN3O3/c1-4-43-36(42)32-13-12-30(22-35(32)44-34-7-5-6-27-24-39-17-15-31(27)34)41-20-18-40(19-21-41)25-28-14-16-37(2,3)23-33(28)26-8-10-29(38)11-9-26/h5-13,22,24H,4,14-21,23,25H2,1-3H3. The van der Waals surface area contributed by atoms with E-state index in [-0.39, 0.29) is 5.97 Å². The molecule has 6 nitrogen and oxygen atoms in total. The second kappa shape index (κ2) is 13.2. The van der Waals surface area contributed by atoms with Crippen molar-refractivity contribution in [3.8, 4) is 11.5 Å². The zero-order valence-corrected chi connectivity index (χ0v) is 26.8. The second-order valence-electron chi connectivity index (χ2n) is 12.8. The summed E-state index contributed by atoms with van der Waals surface area (Å²) < 4.78 is 11.9. The van der Waals surface area contributed by atoms with Crippen LogP contribution in [0.2, 0.25) is 5.02 Å². The Morgan fingerprint density at radius 1 is 0.977 bits per heavy atom. The van der Waals surface area contributed by atoms with E-state index in [0.717, 1.165) is 86.1 Å². The summed E-state index contributed by atoms with van der Waals surface area (Å²) in [5.41, 5.74) is 8.34. The topological polar surface area (TPSA) is 54.4 Å². The second-order valence-corrected chi connectivity index (χ2v) is 13.2. The maximum absolute atomic E-state index is 12.9. The van der Waals surface area contributed by atoms with Gasteiger partial charge in [-0.15, -0.1) is 0 Å². The first-order valence-electron chi connectivity index (χ1n) is 15.8. The van der Waals surface area contributed by atoms with Gasteiger partial charge in [-0.25, -0.2) is 4.79 Å². The number of piperazine rings is 1. The fourth-order valence-electron chi connectivity index (χ4n) is 6.59. The molecule has 0 aromatic heterocycles. The van der Waals surface area contributed by atoms with E-state index in [9.17, 15) is 4.79 Å². The van der Waals surface area contributed by atoms with Crippen molar-refractivity contribution in [1.29, 1.82) is 0 Å². The molecule has 0 atom stereocenters. The maximum Gasteiger partial charge on any atom is 0.341 e. The molecule has 230 valence electrons. The van der Waals surface area contributed by atoms with Crippen LogP contribution in [0.3, 0.4) is 0 Å². The number of hydrogen-bond acceptors (Lipinski definition) is 6. The molecule has 1 saturated heterocycles. The van der Waals surface area contributed by atoms with Crippen LogP contribution >= 0.6 is 11.6 Å². The van der Waals surface area contributed by atoms with Gasteiger partial charge in [-0.2, -0.15) is 0 Å². The summed E-state index contributed by atoms with van der Waals surface area (Å²) >= 11 is 6.21. The average molecular weight is 612 g/mol. The zero-order chi connectivity index (χ0) is 30.7. The maximum atomic E-state index is 12.9. The minimum atomic E-state index is -0.370. The van der Waals surface area contributed by atoms with E-state index in [1.165, 1.54) is 17.6 Å². The van der Waals surface area contributed by atoms with Gasteiger partial charge in [0.2, 0.25) is 0 Å². The number of esters is 1. The van der Waals surface area contributed by atoms with Crippen LogP contribution in [-0.4, -0.2) is 63.0 Å². The first kappa shape index (κ1) is 30.4. The fraction of sp³-hybridized carbons (Fsp3) is 0.405. The SMILES string of the molecule is CCOC(=O)c1ccc(N2CCN(CC3=C(c4ccc(Cl)cc4)CC(C)(C)CC3)CC2)cc1Oc1cccc2c1CCN=C2. The quantitative estimate of drug-likeness (QED) is 0.241. The van der Waals surface area contributed by atoms with E-state index in [2.05, 4.69) is 46.8 Å². The Balaban J connectivity index is 1.19. The van der Waals surface area contributed by atoms with Crippen LogP contribution in [0, 0.1) is 5.41 Å². The number of nitrogens with zero attached hydrogens (tertiary/aromatic N) is 3. The number of carbonyl (C=O) groups excluding carboxylic acids is 1. The number of halogens is 1. The van der Waals surface area contributed by atoms with Crippen molar-refractivity contribution in [2.24, 2.45) is 10.4 Å². The lowest BCUT2D eigenvalue weighted by Crippen LogP contribution is -2.47. The molecule has 1 aliphatic carbocycles. The van der Waals surface area contributed by atoms with Crippen molar-refractivity contribution in [2.45, 2.75) is 46.5 Å². The van der Waals surface area contributed by atoms with Crippen molar-refractivity contribution in [2.75, 3.05) is 50.8 Å². The lowest BCUT2D eigenvalue weighted by molar-refractivity contribution is 0.0523. The third-order valence-corrected chi connectivity index (χ3v) is 9.35. The summed E-state index contributed by atoms with van der Waals surface area (Å²) in [5.74, 6) is 0.925. The number of aliphatic imine (C=N–C) groups is 1. The van der Waals surface area contributed by atoms with Crippen molar-refractivity contribution >= 4 is 35.0 Å². The molecule has 0 saturated carbocycles. The van der Waals surface area contributed by atoms with E-state index in [4.69, 9.17) is 21.1 Å². The number of allylic oxidation sites excluding steroid dienone is 1. The molecule has 44 heavy (non-hydrogen) atoms. The van der Waals surface area contributed by atoms with Gasteiger partial charge in [0.1, 0.15) is 17.1 Å². The summed E-state index contributed by atoms with van der Waals surface area (Å²) in [6.45, 7) is 12.4. The third kappa shape index (κ3) is 6.87. The first-order valence-corrected chi connectivity index (χ1v) is 16.2. The number of hydrogen-bond donors (Lipinski definition) is 0. The number of anilines is 1. The number of fused-ring (bicyclic) bond motifs is 1. The lowest BCUT2D eigenvalue weighted by Gasteiger charge is -2.39. The average Bonchev–Trinajstić information content (AvgIpc) is 3.03. The molecule has 3 aromatic rings. The largest absolute Gasteiger partial charge is 0.462 e. The third-order valence-electron chi connectivity index (χ3n) is 9.10. The van der Waals surface area contributed by atoms with Gasteiger partial charge in [-0.3, -0.25) is 9.89 Å². The van der Waals surface area contributed by atoms with Crippen LogP contribution in [0.5, 0.6) is 11.5 Å². The van der Waals surface area contributed by atoms with Crippen molar-refractivity contribution < 1.29 is 14.3 Å². The summed E-state index contributed by atoms with van der Waals surface area (Å²) in [6.07, 6.45) is 6.15. The minimum absolute atomic E-state index is 0.305. The highest BCUT2D eigenvalue weighted by molar-refractivity contribution is 6.30. The van der Waals surface area contributed by atoms with Gasteiger partial charge in [0.05, 0.1) is 6.61 Å². The van der Waals surface area contributed by atoms with E-state index in [1.54, 1.807) is 5.57 Å². The minimum Gasteiger partial charge on any atom is -0.462 e. The molecule has 3 aliphatic rings. The van der Waals surface area contributed by atoms with E-state index < -0.39 is 0 Å². The molecule has 0 N–H and O–H groups in total.